The molecule has 0 aliphatic rings. The highest BCUT2D eigenvalue weighted by atomic mass is 15.1. The second kappa shape index (κ2) is 6.10. The third kappa shape index (κ3) is 2.78. The van der Waals surface area contributed by atoms with Gasteiger partial charge in [-0.25, -0.2) is 4.98 Å². The van der Waals surface area contributed by atoms with Crippen LogP contribution in [0.2, 0.25) is 0 Å². The Labute approximate surface area is 148 Å². The van der Waals surface area contributed by atoms with Gasteiger partial charge in [0.1, 0.15) is 17.2 Å². The molecule has 0 atom stereocenters. The van der Waals surface area contributed by atoms with Crippen molar-refractivity contribution >= 4 is 17.2 Å². The predicted octanol–water partition coefficient (Wildman–Crippen LogP) is 5.67. The number of hydrogen-bond acceptors (Lipinski definition) is 2. The zero-order valence-corrected chi connectivity index (χ0v) is 14.7. The lowest BCUT2D eigenvalue weighted by Gasteiger charge is -2.14. The molecule has 0 fully saturated rings. The molecule has 0 aliphatic carbocycles. The molecule has 0 radical (unpaired) electrons. The van der Waals surface area contributed by atoms with Gasteiger partial charge in [-0.1, -0.05) is 48.0 Å². The number of anilines is 2. The third-order valence-corrected chi connectivity index (χ3v) is 4.55. The summed E-state index contributed by atoms with van der Waals surface area (Å²) >= 11 is 0. The molecule has 0 saturated carbocycles. The first kappa shape index (κ1) is 15.5. The van der Waals surface area contributed by atoms with Gasteiger partial charge in [-0.3, -0.25) is 4.40 Å². The van der Waals surface area contributed by atoms with Crippen LogP contribution < -0.4 is 5.32 Å². The maximum Gasteiger partial charge on any atom is 0.143 e. The number of aromatic nitrogens is 2. The lowest BCUT2D eigenvalue weighted by atomic mass is 10.1. The maximum atomic E-state index is 4.88. The molecular weight excluding hydrogens is 306 g/mol. The Morgan fingerprint density at radius 2 is 1.60 bits per heavy atom. The van der Waals surface area contributed by atoms with Crippen LogP contribution in [-0.2, 0) is 0 Å². The van der Waals surface area contributed by atoms with Crippen LogP contribution in [0.25, 0.3) is 16.9 Å². The Morgan fingerprint density at radius 1 is 0.840 bits per heavy atom. The number of imidazole rings is 1. The molecule has 0 saturated heterocycles. The number of benzene rings is 2. The number of aryl methyl sites for hydroxylation is 3. The summed E-state index contributed by atoms with van der Waals surface area (Å²) in [6.45, 7) is 6.37. The minimum absolute atomic E-state index is 0.938. The Hall–Kier alpha value is -3.07. The molecule has 124 valence electrons. The highest BCUT2D eigenvalue weighted by molar-refractivity contribution is 5.81. The number of nitrogens with zero attached hydrogens (tertiary/aromatic N) is 2. The van der Waals surface area contributed by atoms with E-state index in [-0.39, 0.29) is 0 Å². The van der Waals surface area contributed by atoms with Crippen LogP contribution in [0.1, 0.15) is 16.7 Å². The Morgan fingerprint density at radius 3 is 2.36 bits per heavy atom. The van der Waals surface area contributed by atoms with Gasteiger partial charge in [0, 0.05) is 17.4 Å². The van der Waals surface area contributed by atoms with E-state index in [0.29, 0.717) is 0 Å². The van der Waals surface area contributed by atoms with Gasteiger partial charge in [0.15, 0.2) is 0 Å². The van der Waals surface area contributed by atoms with Crippen molar-refractivity contribution < 1.29 is 0 Å². The summed E-state index contributed by atoms with van der Waals surface area (Å²) in [6, 6.07) is 20.9. The summed E-state index contributed by atoms with van der Waals surface area (Å²) < 4.78 is 2.11. The van der Waals surface area contributed by atoms with E-state index in [2.05, 4.69) is 79.2 Å². The summed E-state index contributed by atoms with van der Waals surface area (Å²) in [5, 5.41) is 3.65. The van der Waals surface area contributed by atoms with Gasteiger partial charge >= 0.3 is 0 Å². The van der Waals surface area contributed by atoms with Gasteiger partial charge < -0.3 is 5.32 Å². The molecule has 2 aromatic heterocycles. The van der Waals surface area contributed by atoms with Crippen molar-refractivity contribution in [2.24, 2.45) is 0 Å². The largest absolute Gasteiger partial charge is 0.339 e. The fourth-order valence-corrected chi connectivity index (χ4v) is 3.24. The van der Waals surface area contributed by atoms with Crippen molar-refractivity contribution in [3.63, 3.8) is 0 Å². The van der Waals surface area contributed by atoms with Crippen LogP contribution in [0.15, 0.2) is 66.9 Å². The zero-order chi connectivity index (χ0) is 17.4. The van der Waals surface area contributed by atoms with Gasteiger partial charge in [0.2, 0.25) is 0 Å². The van der Waals surface area contributed by atoms with Gasteiger partial charge in [0.25, 0.3) is 0 Å². The average molecular weight is 327 g/mol. The molecule has 4 rings (SSSR count). The van der Waals surface area contributed by atoms with Crippen molar-refractivity contribution in [3.05, 3.63) is 83.6 Å². The normalized spacial score (nSPS) is 11.0. The quantitative estimate of drug-likeness (QED) is 0.525. The number of nitrogens with one attached hydrogen (secondary N) is 1. The van der Waals surface area contributed by atoms with E-state index in [1.807, 2.05) is 18.2 Å². The molecule has 25 heavy (non-hydrogen) atoms. The summed E-state index contributed by atoms with van der Waals surface area (Å²) in [7, 11) is 0. The molecule has 0 spiro atoms. The molecule has 0 unspecified atom stereocenters. The molecule has 3 heteroatoms. The predicted molar refractivity (Wildman–Crippen MR) is 105 cm³/mol. The van der Waals surface area contributed by atoms with E-state index >= 15 is 0 Å². The van der Waals surface area contributed by atoms with Crippen molar-refractivity contribution in [1.29, 1.82) is 0 Å². The van der Waals surface area contributed by atoms with Crippen LogP contribution >= 0.6 is 0 Å². The van der Waals surface area contributed by atoms with Crippen molar-refractivity contribution in [2.45, 2.75) is 20.8 Å². The number of para-hydroxylation sites is 1. The third-order valence-electron chi connectivity index (χ3n) is 4.55. The number of rotatable bonds is 3. The molecular formula is C22H21N3. The first-order valence-electron chi connectivity index (χ1n) is 8.51. The number of fused-ring (bicyclic) bond motifs is 1. The van der Waals surface area contributed by atoms with Crippen LogP contribution in [0.4, 0.5) is 11.5 Å². The van der Waals surface area contributed by atoms with Crippen molar-refractivity contribution in [3.8, 4) is 11.3 Å². The molecule has 0 aliphatic heterocycles. The molecule has 2 aromatic carbocycles. The smallest absolute Gasteiger partial charge is 0.143 e. The minimum Gasteiger partial charge on any atom is -0.339 e. The van der Waals surface area contributed by atoms with Crippen LogP contribution in [0.5, 0.6) is 0 Å². The number of pyridine rings is 1. The van der Waals surface area contributed by atoms with E-state index in [1.54, 1.807) is 0 Å². The van der Waals surface area contributed by atoms with Crippen LogP contribution in [-0.4, -0.2) is 9.38 Å². The monoisotopic (exact) mass is 327 g/mol. The van der Waals surface area contributed by atoms with E-state index in [4.69, 9.17) is 4.98 Å². The molecule has 0 bridgehead atoms. The van der Waals surface area contributed by atoms with Gasteiger partial charge in [-0.05, 0) is 50.1 Å². The zero-order valence-electron chi connectivity index (χ0n) is 14.7. The maximum absolute atomic E-state index is 4.88. The molecule has 1 N–H and O–H groups in total. The first-order valence-corrected chi connectivity index (χ1v) is 8.51. The highest BCUT2D eigenvalue weighted by Gasteiger charge is 2.15. The fraction of sp³-hybridized carbons (Fsp3) is 0.136. The van der Waals surface area contributed by atoms with Crippen molar-refractivity contribution in [2.75, 3.05) is 5.32 Å². The van der Waals surface area contributed by atoms with Gasteiger partial charge in [-0.2, -0.15) is 0 Å². The SMILES string of the molecule is Cc1cccc(-c2nc3ccccn3c2Nc2c(C)cccc2C)c1. The second-order valence-corrected chi connectivity index (χ2v) is 6.50. The van der Waals surface area contributed by atoms with Crippen LogP contribution in [0, 0.1) is 20.8 Å². The summed E-state index contributed by atoms with van der Waals surface area (Å²) in [6.07, 6.45) is 2.05. The topological polar surface area (TPSA) is 29.3 Å². The molecule has 3 nitrogen and oxygen atoms in total. The first-order chi connectivity index (χ1) is 12.1. The van der Waals surface area contributed by atoms with Gasteiger partial charge in [-0.15, -0.1) is 0 Å². The van der Waals surface area contributed by atoms with E-state index < -0.39 is 0 Å². The Bertz CT molecular complexity index is 1040. The summed E-state index contributed by atoms with van der Waals surface area (Å²) in [4.78, 5) is 4.88. The molecule has 4 aromatic rings. The Balaban J connectivity index is 1.94. The fourth-order valence-electron chi connectivity index (χ4n) is 3.24. The van der Waals surface area contributed by atoms with Crippen LogP contribution in [0.3, 0.4) is 0 Å². The van der Waals surface area contributed by atoms with E-state index in [1.165, 1.54) is 16.7 Å². The minimum atomic E-state index is 0.938. The number of hydrogen-bond donors (Lipinski definition) is 1. The van der Waals surface area contributed by atoms with Gasteiger partial charge in [0.05, 0.1) is 0 Å². The second-order valence-electron chi connectivity index (χ2n) is 6.50. The molecule has 2 heterocycles. The average Bonchev–Trinajstić information content (AvgIpc) is 2.97. The standard InChI is InChI=1S/C22H21N3/c1-15-8-6-11-18(14-15)21-22(25-13-5-4-12-19(25)23-21)24-20-16(2)9-7-10-17(20)3/h4-14,24H,1-3H3. The lowest BCUT2D eigenvalue weighted by molar-refractivity contribution is 1.18. The summed E-state index contributed by atoms with van der Waals surface area (Å²) in [5.74, 6) is 0.999. The molecule has 0 amide bonds. The highest BCUT2D eigenvalue weighted by Crippen LogP contribution is 2.33. The van der Waals surface area contributed by atoms with E-state index in [9.17, 15) is 0 Å². The summed E-state index contributed by atoms with van der Waals surface area (Å²) in [5.41, 5.74) is 7.85. The van der Waals surface area contributed by atoms with E-state index in [0.717, 1.165) is 28.4 Å². The van der Waals surface area contributed by atoms with Crippen molar-refractivity contribution in [1.82, 2.24) is 9.38 Å². The lowest BCUT2D eigenvalue weighted by Crippen LogP contribution is -2.00. The Kier molecular flexibility index (Phi) is 3.77.